The van der Waals surface area contributed by atoms with Crippen molar-refractivity contribution in [3.05, 3.63) is 51.7 Å². The van der Waals surface area contributed by atoms with Crippen molar-refractivity contribution in [2.45, 2.75) is 32.1 Å². The average molecular weight is 400 g/mol. The highest BCUT2D eigenvalue weighted by Gasteiger charge is 2.23. The number of carbonyl (C=O) groups excluding carboxylic acids is 3. The van der Waals surface area contributed by atoms with Gasteiger partial charge in [0.15, 0.2) is 12.4 Å². The summed E-state index contributed by atoms with van der Waals surface area (Å²) in [6, 6.07) is 7.17. The molecular weight excluding hydrogens is 383 g/mol. The zero-order valence-corrected chi connectivity index (χ0v) is 15.7. The average Bonchev–Trinajstić information content (AvgIpc) is 3.25. The molecule has 0 saturated heterocycles. The third-order valence-electron chi connectivity index (χ3n) is 4.37. The van der Waals surface area contributed by atoms with Crippen molar-refractivity contribution in [1.29, 1.82) is 5.26 Å². The summed E-state index contributed by atoms with van der Waals surface area (Å²) < 4.78 is 17.7. The zero-order valence-electron chi connectivity index (χ0n) is 14.9. The van der Waals surface area contributed by atoms with Crippen molar-refractivity contribution < 1.29 is 23.5 Å². The van der Waals surface area contributed by atoms with Crippen LogP contribution in [0.4, 0.5) is 9.39 Å². The van der Waals surface area contributed by atoms with E-state index < -0.39 is 24.3 Å². The van der Waals surface area contributed by atoms with Crippen molar-refractivity contribution in [3.63, 3.8) is 0 Å². The lowest BCUT2D eigenvalue weighted by Crippen LogP contribution is -2.21. The van der Waals surface area contributed by atoms with E-state index in [9.17, 15) is 24.0 Å². The number of anilines is 1. The smallest absolute Gasteiger partial charge is 0.306 e. The Balaban J connectivity index is 1.45. The molecule has 1 aromatic carbocycles. The summed E-state index contributed by atoms with van der Waals surface area (Å²) >= 11 is 1.38. The molecule has 0 radical (unpaired) electrons. The molecule has 1 heterocycles. The summed E-state index contributed by atoms with van der Waals surface area (Å²) in [5, 5.41) is 12.4. The van der Waals surface area contributed by atoms with Crippen molar-refractivity contribution in [3.8, 4) is 6.07 Å². The number of Topliss-reactive ketones (excluding diaryl/α,β-unsaturated/α-hetero) is 1. The molecule has 1 aliphatic carbocycles. The maximum atomic E-state index is 12.9. The fourth-order valence-corrected chi connectivity index (χ4v) is 4.24. The summed E-state index contributed by atoms with van der Waals surface area (Å²) in [5.74, 6) is -1.97. The predicted molar refractivity (Wildman–Crippen MR) is 101 cm³/mol. The number of benzene rings is 1. The van der Waals surface area contributed by atoms with Gasteiger partial charge in [-0.25, -0.2) is 4.39 Å². The molecule has 0 unspecified atom stereocenters. The van der Waals surface area contributed by atoms with Crippen LogP contribution in [0.5, 0.6) is 0 Å². The van der Waals surface area contributed by atoms with Gasteiger partial charge >= 0.3 is 5.97 Å². The molecule has 0 aliphatic heterocycles. The van der Waals surface area contributed by atoms with Crippen LogP contribution in [0.25, 0.3) is 0 Å². The number of thiophene rings is 1. The molecule has 0 spiro atoms. The van der Waals surface area contributed by atoms with Gasteiger partial charge in [0.05, 0.1) is 12.0 Å². The van der Waals surface area contributed by atoms with E-state index in [0.29, 0.717) is 16.1 Å². The Labute approximate surface area is 164 Å². The highest BCUT2D eigenvalue weighted by Crippen LogP contribution is 2.38. The third-order valence-corrected chi connectivity index (χ3v) is 5.58. The lowest BCUT2D eigenvalue weighted by molar-refractivity contribution is -0.147. The SMILES string of the molecule is N#Cc1c(NC(=O)COC(=O)CCC(=O)c2ccc(F)cc2)sc2c1CCC2. The van der Waals surface area contributed by atoms with E-state index in [1.54, 1.807) is 0 Å². The molecule has 2 aromatic rings. The van der Waals surface area contributed by atoms with Gasteiger partial charge in [-0.05, 0) is 49.1 Å². The second-order valence-corrected chi connectivity index (χ2v) is 7.42. The minimum absolute atomic E-state index is 0.0949. The first-order valence-electron chi connectivity index (χ1n) is 8.77. The Hall–Kier alpha value is -3.05. The third kappa shape index (κ3) is 4.61. The van der Waals surface area contributed by atoms with Gasteiger partial charge in [0.1, 0.15) is 16.9 Å². The number of amides is 1. The molecule has 28 heavy (non-hydrogen) atoms. The van der Waals surface area contributed by atoms with E-state index in [4.69, 9.17) is 4.74 Å². The number of fused-ring (bicyclic) bond motifs is 1. The minimum Gasteiger partial charge on any atom is -0.456 e. The Kier molecular flexibility index (Phi) is 6.16. The van der Waals surface area contributed by atoms with Crippen LogP contribution < -0.4 is 5.32 Å². The number of esters is 1. The summed E-state index contributed by atoms with van der Waals surface area (Å²) in [5.41, 5.74) is 1.79. The monoisotopic (exact) mass is 400 g/mol. The van der Waals surface area contributed by atoms with Crippen LogP contribution in [0.3, 0.4) is 0 Å². The largest absolute Gasteiger partial charge is 0.456 e. The van der Waals surface area contributed by atoms with Crippen LogP contribution >= 0.6 is 11.3 Å². The van der Waals surface area contributed by atoms with Crippen LogP contribution in [0.1, 0.15) is 45.6 Å². The molecule has 144 valence electrons. The van der Waals surface area contributed by atoms with Crippen molar-refractivity contribution >= 4 is 34.0 Å². The first-order chi connectivity index (χ1) is 13.5. The van der Waals surface area contributed by atoms with Gasteiger partial charge in [0, 0.05) is 16.9 Å². The summed E-state index contributed by atoms with van der Waals surface area (Å²) in [4.78, 5) is 36.8. The number of carbonyl (C=O) groups is 3. The van der Waals surface area contributed by atoms with E-state index in [-0.39, 0.29) is 18.6 Å². The number of ketones is 1. The van der Waals surface area contributed by atoms with Gasteiger partial charge in [0.2, 0.25) is 0 Å². The molecule has 6 nitrogen and oxygen atoms in total. The van der Waals surface area contributed by atoms with E-state index in [0.717, 1.165) is 29.7 Å². The Bertz CT molecular complexity index is 960. The van der Waals surface area contributed by atoms with Gasteiger partial charge < -0.3 is 10.1 Å². The molecule has 0 fully saturated rings. The zero-order chi connectivity index (χ0) is 20.1. The van der Waals surface area contributed by atoms with Crippen LogP contribution in [-0.4, -0.2) is 24.3 Å². The lowest BCUT2D eigenvalue weighted by atomic mass is 10.1. The van der Waals surface area contributed by atoms with Crippen molar-refractivity contribution in [1.82, 2.24) is 0 Å². The van der Waals surface area contributed by atoms with Crippen LogP contribution in [0.15, 0.2) is 24.3 Å². The molecule has 0 saturated carbocycles. The first kappa shape index (κ1) is 19.7. The number of aryl methyl sites for hydroxylation is 1. The maximum Gasteiger partial charge on any atom is 0.306 e. The molecular formula is C20H17FN2O4S. The van der Waals surface area contributed by atoms with Crippen LogP contribution in [0, 0.1) is 17.1 Å². The number of ether oxygens (including phenoxy) is 1. The highest BCUT2D eigenvalue weighted by atomic mass is 32.1. The lowest BCUT2D eigenvalue weighted by Gasteiger charge is -2.06. The van der Waals surface area contributed by atoms with E-state index in [2.05, 4.69) is 11.4 Å². The van der Waals surface area contributed by atoms with Gasteiger partial charge in [0.25, 0.3) is 5.91 Å². The highest BCUT2D eigenvalue weighted by molar-refractivity contribution is 7.16. The van der Waals surface area contributed by atoms with Gasteiger partial charge in [-0.2, -0.15) is 5.26 Å². The molecule has 1 aliphatic rings. The Morgan fingerprint density at radius 2 is 1.93 bits per heavy atom. The maximum absolute atomic E-state index is 12.9. The molecule has 0 atom stereocenters. The van der Waals surface area contributed by atoms with Gasteiger partial charge in [-0.1, -0.05) is 0 Å². The quantitative estimate of drug-likeness (QED) is 0.568. The number of nitriles is 1. The van der Waals surface area contributed by atoms with Gasteiger partial charge in [-0.15, -0.1) is 11.3 Å². The number of halogens is 1. The fourth-order valence-electron chi connectivity index (χ4n) is 2.99. The topological polar surface area (TPSA) is 96.3 Å². The first-order valence-corrected chi connectivity index (χ1v) is 9.58. The van der Waals surface area contributed by atoms with Crippen molar-refractivity contribution in [2.24, 2.45) is 0 Å². The van der Waals surface area contributed by atoms with Crippen LogP contribution in [0.2, 0.25) is 0 Å². The molecule has 1 amide bonds. The fraction of sp³-hybridized carbons (Fsp3) is 0.300. The molecule has 1 N–H and O–H groups in total. The number of nitrogens with zero attached hydrogens (tertiary/aromatic N) is 1. The normalized spacial score (nSPS) is 12.1. The second-order valence-electron chi connectivity index (χ2n) is 6.31. The molecule has 1 aromatic heterocycles. The molecule has 0 bridgehead atoms. The Morgan fingerprint density at radius 1 is 1.18 bits per heavy atom. The van der Waals surface area contributed by atoms with E-state index in [1.807, 2.05) is 0 Å². The Morgan fingerprint density at radius 3 is 2.64 bits per heavy atom. The standard InChI is InChI=1S/C20H17FN2O4S/c21-13-6-4-12(5-7-13)16(24)8-9-19(26)27-11-18(25)23-20-15(10-22)14-2-1-3-17(14)28-20/h4-7H,1-3,8-9,11H2,(H,23,25). The second kappa shape index (κ2) is 8.76. The summed E-state index contributed by atoms with van der Waals surface area (Å²) in [6.07, 6.45) is 2.48. The van der Waals surface area contributed by atoms with E-state index in [1.165, 1.54) is 35.6 Å². The number of hydrogen-bond acceptors (Lipinski definition) is 6. The number of nitrogens with one attached hydrogen (secondary N) is 1. The minimum atomic E-state index is -0.681. The van der Waals surface area contributed by atoms with Crippen molar-refractivity contribution in [2.75, 3.05) is 11.9 Å². The molecule has 8 heteroatoms. The number of rotatable bonds is 7. The van der Waals surface area contributed by atoms with E-state index >= 15 is 0 Å². The number of hydrogen-bond donors (Lipinski definition) is 1. The van der Waals surface area contributed by atoms with Gasteiger partial charge in [-0.3, -0.25) is 14.4 Å². The molecule has 3 rings (SSSR count). The van der Waals surface area contributed by atoms with Crippen LogP contribution in [-0.2, 0) is 27.2 Å². The summed E-state index contributed by atoms with van der Waals surface area (Å²) in [6.45, 7) is -0.489. The predicted octanol–water partition coefficient (Wildman–Crippen LogP) is 3.39. The summed E-state index contributed by atoms with van der Waals surface area (Å²) in [7, 11) is 0.